The van der Waals surface area contributed by atoms with Crippen LogP contribution < -0.4 is 16.2 Å². The molecule has 0 fully saturated rings. The van der Waals surface area contributed by atoms with E-state index < -0.39 is 0 Å². The highest BCUT2D eigenvalue weighted by Crippen LogP contribution is 2.47. The summed E-state index contributed by atoms with van der Waals surface area (Å²) in [6.07, 6.45) is 0. The fourth-order valence-electron chi connectivity index (χ4n) is 10.0. The molecule has 12 rings (SSSR count). The third-order valence-corrected chi connectivity index (χ3v) is 15.7. The molecule has 0 unspecified atom stereocenters. The van der Waals surface area contributed by atoms with Gasteiger partial charge in [0.1, 0.15) is 0 Å². The summed E-state index contributed by atoms with van der Waals surface area (Å²) < 4.78 is 6.61. The van der Waals surface area contributed by atoms with Crippen molar-refractivity contribution in [1.82, 2.24) is 4.57 Å². The molecule has 0 radical (unpaired) electrons. The predicted molar refractivity (Wildman–Crippen MR) is 279 cm³/mol. The second-order valence-corrected chi connectivity index (χ2v) is 21.6. The molecule has 5 heteroatoms. The standard InChI is InChI=1S/C58H47BN2S2/c1-57(2,3)36-21-24-38(25-22-36)60-47-28-23-37(58(4,5)6)29-42(47)40-26-27-41-43-30-44-39-19-13-14-20-50(39)62-52(44)33-48(43)61-49-31-45-51(32-46(49)59-54(40)55(41)61)63-56(35-17-11-8-12-18-35)53(45)34-15-9-7-10-16-34/h7-33,59-60H,1-6H3. The Labute approximate surface area is 377 Å². The first-order chi connectivity index (χ1) is 30.5. The van der Waals surface area contributed by atoms with Crippen molar-refractivity contribution >= 4 is 104 Å². The van der Waals surface area contributed by atoms with E-state index in [1.807, 2.05) is 22.7 Å². The van der Waals surface area contributed by atoms with Crippen LogP contribution in [-0.4, -0.2) is 11.8 Å². The molecule has 2 nitrogen and oxygen atoms in total. The average molecular weight is 847 g/mol. The summed E-state index contributed by atoms with van der Waals surface area (Å²) in [6, 6.07) is 61.7. The highest BCUT2D eigenvalue weighted by atomic mass is 32.1. The van der Waals surface area contributed by atoms with Gasteiger partial charge >= 0.3 is 0 Å². The molecule has 0 spiro atoms. The highest BCUT2D eigenvalue weighted by Gasteiger charge is 2.30. The lowest BCUT2D eigenvalue weighted by atomic mass is 9.59. The van der Waals surface area contributed by atoms with Gasteiger partial charge in [0, 0.05) is 79.6 Å². The predicted octanol–water partition coefficient (Wildman–Crippen LogP) is 15.4. The topological polar surface area (TPSA) is 17.0 Å². The van der Waals surface area contributed by atoms with Gasteiger partial charge in [0.05, 0.1) is 5.52 Å². The molecule has 0 atom stereocenters. The molecule has 8 aromatic carbocycles. The number of aromatic nitrogens is 1. The minimum Gasteiger partial charge on any atom is -0.355 e. The Morgan fingerprint density at radius 2 is 1.17 bits per heavy atom. The quantitative estimate of drug-likeness (QED) is 0.171. The number of nitrogens with zero attached hydrogens (tertiary/aromatic N) is 1. The normalized spacial score (nSPS) is 12.7. The van der Waals surface area contributed by atoms with Gasteiger partial charge in [-0.05, 0) is 98.7 Å². The van der Waals surface area contributed by atoms with Gasteiger partial charge in [-0.3, -0.25) is 0 Å². The summed E-state index contributed by atoms with van der Waals surface area (Å²) in [5.74, 6) is 0. The minimum absolute atomic E-state index is 0.0172. The molecule has 0 saturated carbocycles. The summed E-state index contributed by atoms with van der Waals surface area (Å²) in [7, 11) is 0.838. The van der Waals surface area contributed by atoms with Crippen molar-refractivity contribution in [3.63, 3.8) is 0 Å². The summed E-state index contributed by atoms with van der Waals surface area (Å²) >= 11 is 3.82. The number of fused-ring (bicyclic) bond motifs is 9. The van der Waals surface area contributed by atoms with Crippen molar-refractivity contribution in [2.75, 3.05) is 5.32 Å². The molecule has 1 aliphatic heterocycles. The van der Waals surface area contributed by atoms with Gasteiger partial charge in [-0.1, -0.05) is 156 Å². The van der Waals surface area contributed by atoms with Gasteiger partial charge in [-0.25, -0.2) is 0 Å². The van der Waals surface area contributed by atoms with Gasteiger partial charge < -0.3 is 9.88 Å². The maximum atomic E-state index is 3.90. The van der Waals surface area contributed by atoms with E-state index >= 15 is 0 Å². The fraction of sp³-hybridized carbons (Fsp3) is 0.138. The van der Waals surface area contributed by atoms with Gasteiger partial charge in [-0.15, -0.1) is 22.7 Å². The number of thiophene rings is 2. The van der Waals surface area contributed by atoms with E-state index in [2.05, 4.69) is 215 Å². The lowest BCUT2D eigenvalue weighted by molar-refractivity contribution is 0.590. The molecule has 4 heterocycles. The third kappa shape index (κ3) is 6.19. The van der Waals surface area contributed by atoms with Crippen LogP contribution in [-0.2, 0) is 10.8 Å². The molecular weight excluding hydrogens is 800 g/mol. The number of hydrogen-bond donors (Lipinski definition) is 1. The highest BCUT2D eigenvalue weighted by molar-refractivity contribution is 7.26. The Bertz CT molecular complexity index is 3610. The summed E-state index contributed by atoms with van der Waals surface area (Å²) in [5.41, 5.74) is 17.9. The minimum atomic E-state index is -0.0172. The van der Waals surface area contributed by atoms with E-state index in [4.69, 9.17) is 0 Å². The maximum absolute atomic E-state index is 3.90. The zero-order valence-corrected chi connectivity index (χ0v) is 38.2. The molecule has 0 aliphatic carbocycles. The van der Waals surface area contributed by atoms with Gasteiger partial charge in [0.15, 0.2) is 7.28 Å². The van der Waals surface area contributed by atoms with Gasteiger partial charge in [0.2, 0.25) is 0 Å². The van der Waals surface area contributed by atoms with Crippen molar-refractivity contribution in [2.24, 2.45) is 0 Å². The Balaban J connectivity index is 1.15. The Morgan fingerprint density at radius 3 is 1.92 bits per heavy atom. The van der Waals surface area contributed by atoms with E-state index in [1.54, 1.807) is 0 Å². The fourth-order valence-corrected chi connectivity index (χ4v) is 12.4. The first-order valence-electron chi connectivity index (χ1n) is 22.1. The van der Waals surface area contributed by atoms with E-state index in [9.17, 15) is 0 Å². The Kier molecular flexibility index (Phi) is 8.54. The molecule has 0 saturated heterocycles. The van der Waals surface area contributed by atoms with E-state index in [-0.39, 0.29) is 10.8 Å². The molecule has 1 N–H and O–H groups in total. The van der Waals surface area contributed by atoms with Crippen LogP contribution in [0.25, 0.3) is 90.4 Å². The van der Waals surface area contributed by atoms with Crippen LogP contribution in [0.15, 0.2) is 164 Å². The zero-order valence-electron chi connectivity index (χ0n) is 36.6. The van der Waals surface area contributed by atoms with E-state index in [1.165, 1.54) is 112 Å². The Hall–Kier alpha value is -6.40. The smallest absolute Gasteiger partial charge is 0.198 e. The van der Waals surface area contributed by atoms with Crippen molar-refractivity contribution in [3.8, 4) is 38.4 Å². The van der Waals surface area contributed by atoms with Crippen LogP contribution in [0.3, 0.4) is 0 Å². The van der Waals surface area contributed by atoms with Crippen LogP contribution in [0.1, 0.15) is 52.7 Å². The monoisotopic (exact) mass is 846 g/mol. The van der Waals surface area contributed by atoms with Crippen molar-refractivity contribution in [1.29, 1.82) is 0 Å². The van der Waals surface area contributed by atoms with E-state index in [0.29, 0.717) is 0 Å². The number of anilines is 2. The summed E-state index contributed by atoms with van der Waals surface area (Å²) in [6.45, 7) is 13.8. The van der Waals surface area contributed by atoms with Crippen molar-refractivity contribution in [2.45, 2.75) is 52.4 Å². The summed E-state index contributed by atoms with van der Waals surface area (Å²) in [4.78, 5) is 1.32. The molecule has 304 valence electrons. The van der Waals surface area contributed by atoms with Crippen LogP contribution in [0, 0.1) is 0 Å². The van der Waals surface area contributed by atoms with Crippen molar-refractivity contribution < 1.29 is 0 Å². The maximum Gasteiger partial charge on any atom is 0.198 e. The first kappa shape index (κ1) is 38.3. The summed E-state index contributed by atoms with van der Waals surface area (Å²) in [5, 5.41) is 10.5. The van der Waals surface area contributed by atoms with Crippen LogP contribution in [0.5, 0.6) is 0 Å². The van der Waals surface area contributed by atoms with Gasteiger partial charge in [-0.2, -0.15) is 0 Å². The molecular formula is C58H47BN2S2. The molecule has 3 aromatic heterocycles. The van der Waals surface area contributed by atoms with Crippen LogP contribution in [0.2, 0.25) is 0 Å². The van der Waals surface area contributed by atoms with Crippen molar-refractivity contribution in [3.05, 3.63) is 175 Å². The molecule has 0 bridgehead atoms. The second-order valence-electron chi connectivity index (χ2n) is 19.4. The number of benzene rings is 8. The molecule has 63 heavy (non-hydrogen) atoms. The van der Waals surface area contributed by atoms with E-state index in [0.717, 1.165) is 18.7 Å². The first-order valence-corrected chi connectivity index (χ1v) is 23.8. The second kappa shape index (κ2) is 14.1. The Morgan fingerprint density at radius 1 is 0.492 bits per heavy atom. The largest absolute Gasteiger partial charge is 0.355 e. The van der Waals surface area contributed by atoms with Gasteiger partial charge in [0.25, 0.3) is 0 Å². The molecule has 0 amide bonds. The zero-order chi connectivity index (χ0) is 42.8. The average Bonchev–Trinajstić information content (AvgIpc) is 3.95. The number of hydrogen-bond acceptors (Lipinski definition) is 3. The number of nitrogens with one attached hydrogen (secondary N) is 1. The van der Waals surface area contributed by atoms with Crippen LogP contribution >= 0.6 is 22.7 Å². The third-order valence-electron chi connectivity index (χ3n) is 13.3. The lowest BCUT2D eigenvalue weighted by Gasteiger charge is -2.26. The molecule has 11 aromatic rings. The lowest BCUT2D eigenvalue weighted by Crippen LogP contribution is -2.37. The molecule has 1 aliphatic rings. The SMILES string of the molecule is CC(C)(C)c1ccc(Nc2ccc(C(C)(C)C)cc2-c2ccc3c4cc5c(cc4n4c3c2Bc2cc3sc(-c6ccccc6)c(-c6ccccc6)c3cc2-4)sc2ccccc25)cc1. The number of rotatable bonds is 5. The van der Waals surface area contributed by atoms with Crippen LogP contribution in [0.4, 0.5) is 11.4 Å².